The molecule has 0 atom stereocenters. The minimum atomic E-state index is -4.14. The van der Waals surface area contributed by atoms with E-state index in [1.807, 2.05) is 13.8 Å². The second kappa shape index (κ2) is 6.20. The minimum absolute atomic E-state index is 0.0335. The van der Waals surface area contributed by atoms with Crippen LogP contribution in [0.1, 0.15) is 29.0 Å². The van der Waals surface area contributed by atoms with Crippen LogP contribution in [0.5, 0.6) is 0 Å². The van der Waals surface area contributed by atoms with Crippen LogP contribution in [0.4, 0.5) is 18.9 Å². The first-order valence-electron chi connectivity index (χ1n) is 6.67. The third-order valence-corrected chi connectivity index (χ3v) is 3.33. The fourth-order valence-corrected chi connectivity index (χ4v) is 2.13. The molecule has 0 aliphatic carbocycles. The zero-order valence-corrected chi connectivity index (χ0v) is 11.9. The Kier molecular flexibility index (Phi) is 4.55. The number of nitrogens with one attached hydrogen (secondary N) is 1. The van der Waals surface area contributed by atoms with E-state index < -0.39 is 12.6 Å². The molecule has 0 fully saturated rings. The van der Waals surface area contributed by atoms with Crippen molar-refractivity contribution < 1.29 is 17.7 Å². The van der Waals surface area contributed by atoms with Gasteiger partial charge >= 0.3 is 6.18 Å². The highest BCUT2D eigenvalue weighted by Gasteiger charge is 2.26. The summed E-state index contributed by atoms with van der Waals surface area (Å²) in [6.45, 7) is 4.12. The van der Waals surface area contributed by atoms with Crippen molar-refractivity contribution in [3.05, 3.63) is 46.8 Å². The molecule has 114 valence electrons. The highest BCUT2D eigenvalue weighted by molar-refractivity contribution is 5.51. The van der Waals surface area contributed by atoms with Gasteiger partial charge in [-0.05, 0) is 31.9 Å². The molecule has 6 heteroatoms. The van der Waals surface area contributed by atoms with Crippen LogP contribution in [-0.4, -0.2) is 11.3 Å². The van der Waals surface area contributed by atoms with Crippen LogP contribution in [0.25, 0.3) is 0 Å². The smallest absolute Gasteiger partial charge is 0.381 e. The van der Waals surface area contributed by atoms with Crippen molar-refractivity contribution in [2.75, 3.05) is 5.32 Å². The monoisotopic (exact) mass is 298 g/mol. The van der Waals surface area contributed by atoms with Crippen molar-refractivity contribution in [1.82, 2.24) is 5.16 Å². The van der Waals surface area contributed by atoms with Crippen molar-refractivity contribution in [3.8, 4) is 0 Å². The van der Waals surface area contributed by atoms with Gasteiger partial charge in [0.25, 0.3) is 0 Å². The van der Waals surface area contributed by atoms with Gasteiger partial charge in [-0.25, -0.2) is 0 Å². The molecule has 0 unspecified atom stereocenters. The Bertz CT molecular complexity index is 586. The number of aromatic nitrogens is 1. The molecule has 0 radical (unpaired) electrons. The molecule has 1 heterocycles. The van der Waals surface area contributed by atoms with Crippen molar-refractivity contribution in [1.29, 1.82) is 0 Å². The molecule has 0 saturated carbocycles. The predicted molar refractivity (Wildman–Crippen MR) is 74.1 cm³/mol. The molecule has 0 bridgehead atoms. The standard InChI is InChI=1S/C15H17F3N2O/c1-10-13(11(2)21-20-10)9-19-14-6-4-3-5-12(14)7-8-15(16,17)18/h3-6,19H,7-9H2,1-2H3. The maximum absolute atomic E-state index is 12.3. The summed E-state index contributed by atoms with van der Waals surface area (Å²) in [6, 6.07) is 7.03. The lowest BCUT2D eigenvalue weighted by atomic mass is 10.1. The van der Waals surface area contributed by atoms with Crippen molar-refractivity contribution in [2.24, 2.45) is 0 Å². The zero-order chi connectivity index (χ0) is 15.5. The van der Waals surface area contributed by atoms with Gasteiger partial charge in [0.15, 0.2) is 0 Å². The molecule has 1 aromatic heterocycles. The molecule has 3 nitrogen and oxygen atoms in total. The molecule has 0 spiro atoms. The highest BCUT2D eigenvalue weighted by Crippen LogP contribution is 2.25. The predicted octanol–water partition coefficient (Wildman–Crippen LogP) is 4.40. The summed E-state index contributed by atoms with van der Waals surface area (Å²) in [7, 11) is 0. The molecule has 1 N–H and O–H groups in total. The van der Waals surface area contributed by atoms with E-state index in [2.05, 4.69) is 10.5 Å². The molecule has 0 aliphatic heterocycles. The Balaban J connectivity index is 2.06. The average molecular weight is 298 g/mol. The summed E-state index contributed by atoms with van der Waals surface area (Å²) >= 11 is 0. The molecule has 2 rings (SSSR count). The lowest BCUT2D eigenvalue weighted by Gasteiger charge is -2.13. The Morgan fingerprint density at radius 3 is 2.52 bits per heavy atom. The van der Waals surface area contributed by atoms with Crippen LogP contribution in [0, 0.1) is 13.8 Å². The normalized spacial score (nSPS) is 11.7. The third-order valence-electron chi connectivity index (χ3n) is 3.33. The molecule has 2 aromatic rings. The fourth-order valence-electron chi connectivity index (χ4n) is 2.13. The molecule has 0 aliphatic rings. The number of anilines is 1. The van der Waals surface area contributed by atoms with E-state index in [9.17, 15) is 13.2 Å². The van der Waals surface area contributed by atoms with Gasteiger partial charge in [-0.1, -0.05) is 23.4 Å². The average Bonchev–Trinajstić information content (AvgIpc) is 2.74. The second-order valence-electron chi connectivity index (χ2n) is 4.93. The Hall–Kier alpha value is -1.98. The van der Waals surface area contributed by atoms with Gasteiger partial charge in [-0.3, -0.25) is 0 Å². The topological polar surface area (TPSA) is 38.1 Å². The number of hydrogen-bond acceptors (Lipinski definition) is 3. The summed E-state index contributed by atoms with van der Waals surface area (Å²) in [5, 5.41) is 7.02. The quantitative estimate of drug-likeness (QED) is 0.889. The van der Waals surface area contributed by atoms with Gasteiger partial charge in [-0.15, -0.1) is 0 Å². The molecule has 21 heavy (non-hydrogen) atoms. The SMILES string of the molecule is Cc1noc(C)c1CNc1ccccc1CCC(F)(F)F. The zero-order valence-electron chi connectivity index (χ0n) is 11.9. The summed E-state index contributed by atoms with van der Waals surface area (Å²) in [6.07, 6.45) is -5.00. The lowest BCUT2D eigenvalue weighted by Crippen LogP contribution is -2.10. The fraction of sp³-hybridized carbons (Fsp3) is 0.400. The van der Waals surface area contributed by atoms with Crippen molar-refractivity contribution in [3.63, 3.8) is 0 Å². The number of hydrogen-bond donors (Lipinski definition) is 1. The molecular weight excluding hydrogens is 281 g/mol. The maximum atomic E-state index is 12.3. The molecular formula is C15H17F3N2O. The highest BCUT2D eigenvalue weighted by atomic mass is 19.4. The van der Waals surface area contributed by atoms with Gasteiger partial charge in [0.2, 0.25) is 0 Å². The van der Waals surface area contributed by atoms with E-state index in [1.54, 1.807) is 24.3 Å². The van der Waals surface area contributed by atoms with E-state index in [0.717, 1.165) is 11.3 Å². The van der Waals surface area contributed by atoms with Crippen LogP contribution in [0.15, 0.2) is 28.8 Å². The van der Waals surface area contributed by atoms with Crippen LogP contribution in [0.3, 0.4) is 0 Å². The largest absolute Gasteiger partial charge is 0.389 e. The number of nitrogens with zero attached hydrogens (tertiary/aromatic N) is 1. The number of benzene rings is 1. The van der Waals surface area contributed by atoms with Crippen LogP contribution >= 0.6 is 0 Å². The molecule has 0 saturated heterocycles. The Morgan fingerprint density at radius 2 is 1.90 bits per heavy atom. The van der Waals surface area contributed by atoms with Crippen LogP contribution < -0.4 is 5.32 Å². The summed E-state index contributed by atoms with van der Waals surface area (Å²) < 4.78 is 42.1. The maximum Gasteiger partial charge on any atom is 0.389 e. The summed E-state index contributed by atoms with van der Waals surface area (Å²) in [4.78, 5) is 0. The Morgan fingerprint density at radius 1 is 1.19 bits per heavy atom. The van der Waals surface area contributed by atoms with Gasteiger partial charge in [0.1, 0.15) is 5.76 Å². The first-order valence-corrected chi connectivity index (χ1v) is 6.67. The number of aryl methyl sites for hydroxylation is 3. The second-order valence-corrected chi connectivity index (χ2v) is 4.93. The first kappa shape index (κ1) is 15.4. The van der Waals surface area contributed by atoms with E-state index in [-0.39, 0.29) is 6.42 Å². The summed E-state index contributed by atoms with van der Waals surface area (Å²) in [5.74, 6) is 0.716. The first-order chi connectivity index (χ1) is 9.87. The van der Waals surface area contributed by atoms with E-state index in [4.69, 9.17) is 4.52 Å². The van der Waals surface area contributed by atoms with Gasteiger partial charge in [0.05, 0.1) is 5.69 Å². The van der Waals surface area contributed by atoms with Gasteiger partial charge in [0, 0.05) is 24.2 Å². The number of alkyl halides is 3. The van der Waals surface area contributed by atoms with E-state index in [0.29, 0.717) is 23.6 Å². The lowest BCUT2D eigenvalue weighted by molar-refractivity contribution is -0.133. The van der Waals surface area contributed by atoms with Gasteiger partial charge < -0.3 is 9.84 Å². The van der Waals surface area contributed by atoms with Crippen LogP contribution in [-0.2, 0) is 13.0 Å². The van der Waals surface area contributed by atoms with E-state index in [1.165, 1.54) is 0 Å². The van der Waals surface area contributed by atoms with Crippen molar-refractivity contribution >= 4 is 5.69 Å². The molecule has 0 amide bonds. The minimum Gasteiger partial charge on any atom is -0.381 e. The number of halogens is 3. The number of rotatable bonds is 5. The molecule has 1 aromatic carbocycles. The Labute approximate surface area is 121 Å². The van der Waals surface area contributed by atoms with E-state index >= 15 is 0 Å². The van der Waals surface area contributed by atoms with Crippen molar-refractivity contribution in [2.45, 2.75) is 39.4 Å². The number of para-hydroxylation sites is 1. The van der Waals surface area contributed by atoms with Crippen LogP contribution in [0.2, 0.25) is 0 Å². The van der Waals surface area contributed by atoms with Gasteiger partial charge in [-0.2, -0.15) is 13.2 Å². The third kappa shape index (κ3) is 4.24. The summed E-state index contributed by atoms with van der Waals surface area (Å²) in [5.41, 5.74) is 3.08.